The van der Waals surface area contributed by atoms with Gasteiger partial charge in [0.15, 0.2) is 0 Å². The van der Waals surface area contributed by atoms with E-state index in [1.165, 1.54) is 18.4 Å². The van der Waals surface area contributed by atoms with Gasteiger partial charge in [-0.2, -0.15) is 0 Å². The standard InChI is InChI=1S/C9H16O2/c10-7-9(11)6-8-4-2-1-3-5-8/h4,9-11H,1-3,5-7H2. The highest BCUT2D eigenvalue weighted by Crippen LogP contribution is 2.20. The number of hydrogen-bond acceptors (Lipinski definition) is 2. The molecule has 0 aromatic carbocycles. The molecule has 0 aliphatic heterocycles. The Kier molecular flexibility index (Phi) is 3.60. The van der Waals surface area contributed by atoms with E-state index >= 15 is 0 Å². The summed E-state index contributed by atoms with van der Waals surface area (Å²) in [4.78, 5) is 0. The van der Waals surface area contributed by atoms with Crippen molar-refractivity contribution in [2.75, 3.05) is 6.61 Å². The number of aliphatic hydroxyl groups is 2. The molecule has 0 saturated carbocycles. The van der Waals surface area contributed by atoms with Crippen LogP contribution >= 0.6 is 0 Å². The van der Waals surface area contributed by atoms with Crippen molar-refractivity contribution < 1.29 is 10.2 Å². The van der Waals surface area contributed by atoms with Crippen LogP contribution in [-0.2, 0) is 0 Å². The predicted octanol–water partition coefficient (Wildman–Crippen LogP) is 1.23. The normalized spacial score (nSPS) is 21.1. The molecule has 64 valence electrons. The van der Waals surface area contributed by atoms with Crippen molar-refractivity contribution in [3.63, 3.8) is 0 Å². The third kappa shape index (κ3) is 3.04. The maximum atomic E-state index is 9.12. The summed E-state index contributed by atoms with van der Waals surface area (Å²) in [5.74, 6) is 0. The molecule has 2 N–H and O–H groups in total. The summed E-state index contributed by atoms with van der Waals surface area (Å²) in [7, 11) is 0. The molecule has 1 aliphatic carbocycles. The molecule has 0 aromatic rings. The number of allylic oxidation sites excluding steroid dienone is 1. The second kappa shape index (κ2) is 4.52. The largest absolute Gasteiger partial charge is 0.394 e. The monoisotopic (exact) mass is 156 g/mol. The summed E-state index contributed by atoms with van der Waals surface area (Å²) in [6, 6.07) is 0. The molecule has 1 unspecified atom stereocenters. The lowest BCUT2D eigenvalue weighted by molar-refractivity contribution is 0.0945. The first-order valence-electron chi connectivity index (χ1n) is 4.29. The topological polar surface area (TPSA) is 40.5 Å². The van der Waals surface area contributed by atoms with Crippen molar-refractivity contribution in [1.29, 1.82) is 0 Å². The lowest BCUT2D eigenvalue weighted by Gasteiger charge is -2.14. The Morgan fingerprint density at radius 3 is 2.82 bits per heavy atom. The molecule has 0 spiro atoms. The summed E-state index contributed by atoms with van der Waals surface area (Å²) in [6.07, 6.45) is 7.09. The minimum atomic E-state index is -0.542. The van der Waals surface area contributed by atoms with Crippen molar-refractivity contribution in [2.24, 2.45) is 0 Å². The molecular weight excluding hydrogens is 140 g/mol. The van der Waals surface area contributed by atoms with Crippen molar-refractivity contribution in [3.05, 3.63) is 11.6 Å². The van der Waals surface area contributed by atoms with Gasteiger partial charge in [-0.3, -0.25) is 0 Å². The zero-order valence-electron chi connectivity index (χ0n) is 6.79. The molecule has 0 saturated heterocycles. The SMILES string of the molecule is OCC(O)CC1=CCCCC1. The number of hydrogen-bond donors (Lipinski definition) is 2. The van der Waals surface area contributed by atoms with Crippen LogP contribution in [-0.4, -0.2) is 22.9 Å². The third-order valence-electron chi connectivity index (χ3n) is 2.09. The second-order valence-corrected chi connectivity index (χ2v) is 3.15. The number of rotatable bonds is 3. The first-order valence-corrected chi connectivity index (χ1v) is 4.29. The predicted molar refractivity (Wildman–Crippen MR) is 44.3 cm³/mol. The van der Waals surface area contributed by atoms with E-state index in [1.807, 2.05) is 0 Å². The molecule has 0 heterocycles. The smallest absolute Gasteiger partial charge is 0.0807 e. The highest BCUT2D eigenvalue weighted by molar-refractivity contribution is 5.05. The van der Waals surface area contributed by atoms with Crippen molar-refractivity contribution in [1.82, 2.24) is 0 Å². The number of aliphatic hydroxyl groups excluding tert-OH is 2. The Morgan fingerprint density at radius 2 is 2.27 bits per heavy atom. The Bertz CT molecular complexity index is 140. The fourth-order valence-corrected chi connectivity index (χ4v) is 1.46. The van der Waals surface area contributed by atoms with Crippen LogP contribution in [0.2, 0.25) is 0 Å². The minimum absolute atomic E-state index is 0.114. The van der Waals surface area contributed by atoms with Gasteiger partial charge in [0.05, 0.1) is 12.7 Å². The van der Waals surface area contributed by atoms with Gasteiger partial charge in [0.1, 0.15) is 0 Å². The van der Waals surface area contributed by atoms with Crippen molar-refractivity contribution in [2.45, 2.75) is 38.2 Å². The lowest BCUT2D eigenvalue weighted by atomic mass is 9.95. The highest BCUT2D eigenvalue weighted by atomic mass is 16.3. The highest BCUT2D eigenvalue weighted by Gasteiger charge is 2.08. The average molecular weight is 156 g/mol. The van der Waals surface area contributed by atoms with Crippen molar-refractivity contribution >= 4 is 0 Å². The summed E-state index contributed by atoms with van der Waals surface area (Å²) >= 11 is 0. The van der Waals surface area contributed by atoms with Crippen LogP contribution in [0, 0.1) is 0 Å². The van der Waals surface area contributed by atoms with Crippen LogP contribution in [0.5, 0.6) is 0 Å². The molecule has 0 amide bonds. The van der Waals surface area contributed by atoms with Gasteiger partial charge in [0.2, 0.25) is 0 Å². The Balaban J connectivity index is 2.29. The first-order chi connectivity index (χ1) is 5.33. The van der Waals surface area contributed by atoms with Gasteiger partial charge >= 0.3 is 0 Å². The van der Waals surface area contributed by atoms with Gasteiger partial charge in [-0.25, -0.2) is 0 Å². The molecule has 1 rings (SSSR count). The second-order valence-electron chi connectivity index (χ2n) is 3.15. The zero-order valence-corrected chi connectivity index (χ0v) is 6.79. The van der Waals surface area contributed by atoms with Crippen LogP contribution < -0.4 is 0 Å². The molecule has 0 fully saturated rings. The Labute approximate surface area is 67.6 Å². The van der Waals surface area contributed by atoms with Gasteiger partial charge in [-0.05, 0) is 32.1 Å². The van der Waals surface area contributed by atoms with Crippen LogP contribution in [0.3, 0.4) is 0 Å². The van der Waals surface area contributed by atoms with Gasteiger partial charge in [-0.1, -0.05) is 11.6 Å². The average Bonchev–Trinajstić information content (AvgIpc) is 2.06. The molecule has 2 heteroatoms. The van der Waals surface area contributed by atoms with E-state index in [9.17, 15) is 0 Å². The van der Waals surface area contributed by atoms with Gasteiger partial charge in [-0.15, -0.1) is 0 Å². The summed E-state index contributed by atoms with van der Waals surface area (Å²) in [5, 5.41) is 17.7. The molecule has 11 heavy (non-hydrogen) atoms. The maximum Gasteiger partial charge on any atom is 0.0807 e. The summed E-state index contributed by atoms with van der Waals surface area (Å²) < 4.78 is 0. The van der Waals surface area contributed by atoms with E-state index in [4.69, 9.17) is 10.2 Å². The minimum Gasteiger partial charge on any atom is -0.394 e. The van der Waals surface area contributed by atoms with E-state index in [0.717, 1.165) is 12.8 Å². The molecule has 0 radical (unpaired) electrons. The van der Waals surface area contributed by atoms with Gasteiger partial charge in [0, 0.05) is 0 Å². The summed E-state index contributed by atoms with van der Waals surface area (Å²) in [6.45, 7) is -0.114. The summed E-state index contributed by atoms with van der Waals surface area (Å²) in [5.41, 5.74) is 1.32. The van der Waals surface area contributed by atoms with E-state index in [2.05, 4.69) is 6.08 Å². The van der Waals surface area contributed by atoms with E-state index in [0.29, 0.717) is 6.42 Å². The molecule has 1 atom stereocenters. The molecule has 2 nitrogen and oxygen atoms in total. The van der Waals surface area contributed by atoms with E-state index in [-0.39, 0.29) is 6.61 Å². The fourth-order valence-electron chi connectivity index (χ4n) is 1.46. The van der Waals surface area contributed by atoms with Crippen molar-refractivity contribution in [3.8, 4) is 0 Å². The van der Waals surface area contributed by atoms with E-state index in [1.54, 1.807) is 0 Å². The quantitative estimate of drug-likeness (QED) is 0.603. The van der Waals surface area contributed by atoms with Gasteiger partial charge < -0.3 is 10.2 Å². The Morgan fingerprint density at radius 1 is 1.45 bits per heavy atom. The van der Waals surface area contributed by atoms with Crippen LogP contribution in [0.25, 0.3) is 0 Å². The van der Waals surface area contributed by atoms with E-state index < -0.39 is 6.10 Å². The zero-order chi connectivity index (χ0) is 8.10. The molecular formula is C9H16O2. The van der Waals surface area contributed by atoms with Crippen LogP contribution in [0.4, 0.5) is 0 Å². The van der Waals surface area contributed by atoms with Crippen LogP contribution in [0.15, 0.2) is 11.6 Å². The molecule has 0 bridgehead atoms. The first kappa shape index (κ1) is 8.75. The fraction of sp³-hybridized carbons (Fsp3) is 0.778. The van der Waals surface area contributed by atoms with Crippen LogP contribution in [0.1, 0.15) is 32.1 Å². The molecule has 1 aliphatic rings. The molecule has 0 aromatic heterocycles. The van der Waals surface area contributed by atoms with Gasteiger partial charge in [0.25, 0.3) is 0 Å². The maximum absolute atomic E-state index is 9.12. The lowest BCUT2D eigenvalue weighted by Crippen LogP contribution is -2.13. The Hall–Kier alpha value is -0.340. The third-order valence-corrected chi connectivity index (χ3v) is 2.09.